The van der Waals surface area contributed by atoms with Crippen LogP contribution in [0.15, 0.2) is 36.5 Å². The summed E-state index contributed by atoms with van der Waals surface area (Å²) in [5, 5.41) is 13.7. The van der Waals surface area contributed by atoms with Gasteiger partial charge in [-0.05, 0) is 36.6 Å². The smallest absolute Gasteiger partial charge is 0.325 e. The fraction of sp³-hybridized carbons (Fsp3) is 0.375. The Morgan fingerprint density at radius 2 is 2.10 bits per heavy atom. The Bertz CT molecular complexity index is 621. The standard InChI is InChI=1S/C16H18N2O2/c19-16(20)15(18-13-5-1-2-6-13)12-7-8-14-11(10-12)4-3-9-17-14/h3-4,7-10,13,15,18H,1-2,5-6H2,(H,19,20). The highest BCUT2D eigenvalue weighted by Gasteiger charge is 2.25. The SMILES string of the molecule is O=C(O)C(NC1CCCC1)c1ccc2ncccc2c1. The fourth-order valence-corrected chi connectivity index (χ4v) is 2.91. The first kappa shape index (κ1) is 13.1. The van der Waals surface area contributed by atoms with Crippen molar-refractivity contribution in [3.8, 4) is 0 Å². The second-order valence-corrected chi connectivity index (χ2v) is 5.37. The summed E-state index contributed by atoms with van der Waals surface area (Å²) in [5.41, 5.74) is 1.69. The van der Waals surface area contributed by atoms with E-state index in [2.05, 4.69) is 10.3 Å². The van der Waals surface area contributed by atoms with Gasteiger partial charge in [-0.3, -0.25) is 15.1 Å². The van der Waals surface area contributed by atoms with Crippen molar-refractivity contribution in [2.24, 2.45) is 0 Å². The molecular weight excluding hydrogens is 252 g/mol. The number of rotatable bonds is 4. The van der Waals surface area contributed by atoms with Crippen molar-refractivity contribution in [2.75, 3.05) is 0 Å². The Kier molecular flexibility index (Phi) is 3.65. The topological polar surface area (TPSA) is 62.2 Å². The molecular formula is C16H18N2O2. The van der Waals surface area contributed by atoms with Crippen LogP contribution < -0.4 is 5.32 Å². The predicted octanol–water partition coefficient (Wildman–Crippen LogP) is 2.89. The Balaban J connectivity index is 1.89. The van der Waals surface area contributed by atoms with Gasteiger partial charge in [-0.15, -0.1) is 0 Å². The molecule has 0 amide bonds. The number of carbonyl (C=O) groups is 1. The van der Waals surface area contributed by atoms with Crippen LogP contribution in [-0.2, 0) is 4.79 Å². The lowest BCUT2D eigenvalue weighted by Crippen LogP contribution is -2.35. The summed E-state index contributed by atoms with van der Waals surface area (Å²) in [4.78, 5) is 15.8. The van der Waals surface area contributed by atoms with Crippen LogP contribution in [0.1, 0.15) is 37.3 Å². The van der Waals surface area contributed by atoms with Gasteiger partial charge >= 0.3 is 5.97 Å². The van der Waals surface area contributed by atoms with Gasteiger partial charge in [-0.1, -0.05) is 25.0 Å². The highest BCUT2D eigenvalue weighted by molar-refractivity contribution is 5.82. The molecule has 1 aromatic carbocycles. The minimum Gasteiger partial charge on any atom is -0.480 e. The largest absolute Gasteiger partial charge is 0.480 e. The van der Waals surface area contributed by atoms with E-state index < -0.39 is 12.0 Å². The van der Waals surface area contributed by atoms with Gasteiger partial charge in [0, 0.05) is 17.6 Å². The molecule has 0 radical (unpaired) electrons. The van der Waals surface area contributed by atoms with Crippen molar-refractivity contribution < 1.29 is 9.90 Å². The lowest BCUT2D eigenvalue weighted by atomic mass is 10.0. The molecule has 20 heavy (non-hydrogen) atoms. The first-order chi connectivity index (χ1) is 9.74. The van der Waals surface area contributed by atoms with Crippen LogP contribution in [0.3, 0.4) is 0 Å². The average molecular weight is 270 g/mol. The molecule has 1 aliphatic rings. The van der Waals surface area contributed by atoms with Gasteiger partial charge in [-0.2, -0.15) is 0 Å². The number of nitrogens with zero attached hydrogens (tertiary/aromatic N) is 1. The number of aromatic nitrogens is 1. The van der Waals surface area contributed by atoms with Crippen molar-refractivity contribution in [3.05, 3.63) is 42.1 Å². The number of hydrogen-bond donors (Lipinski definition) is 2. The Morgan fingerprint density at radius 1 is 1.30 bits per heavy atom. The highest BCUT2D eigenvalue weighted by Crippen LogP contribution is 2.24. The summed E-state index contributed by atoms with van der Waals surface area (Å²) in [6.45, 7) is 0. The molecule has 0 bridgehead atoms. The number of fused-ring (bicyclic) bond motifs is 1. The maximum atomic E-state index is 11.5. The Morgan fingerprint density at radius 3 is 2.85 bits per heavy atom. The number of aliphatic carboxylic acids is 1. The molecule has 1 unspecified atom stereocenters. The molecule has 0 saturated heterocycles. The van der Waals surface area contributed by atoms with Crippen LogP contribution in [0.4, 0.5) is 0 Å². The number of hydrogen-bond acceptors (Lipinski definition) is 3. The third-order valence-corrected chi connectivity index (χ3v) is 3.96. The lowest BCUT2D eigenvalue weighted by Gasteiger charge is -2.20. The first-order valence-corrected chi connectivity index (χ1v) is 7.07. The molecule has 4 nitrogen and oxygen atoms in total. The molecule has 2 aromatic rings. The molecule has 4 heteroatoms. The van der Waals surface area contributed by atoms with E-state index in [1.54, 1.807) is 6.20 Å². The van der Waals surface area contributed by atoms with Crippen LogP contribution in [0.5, 0.6) is 0 Å². The monoisotopic (exact) mass is 270 g/mol. The molecule has 0 aliphatic heterocycles. The van der Waals surface area contributed by atoms with E-state index in [1.165, 1.54) is 12.8 Å². The van der Waals surface area contributed by atoms with Gasteiger partial charge in [0.1, 0.15) is 6.04 Å². The maximum absolute atomic E-state index is 11.5. The summed E-state index contributed by atoms with van der Waals surface area (Å²) in [6, 6.07) is 9.17. The summed E-state index contributed by atoms with van der Waals surface area (Å²) in [5.74, 6) is -0.819. The third kappa shape index (κ3) is 2.65. The van der Waals surface area contributed by atoms with Gasteiger partial charge in [0.15, 0.2) is 0 Å². The molecule has 1 atom stereocenters. The molecule has 0 spiro atoms. The second kappa shape index (κ2) is 5.59. The third-order valence-electron chi connectivity index (χ3n) is 3.96. The summed E-state index contributed by atoms with van der Waals surface area (Å²) in [7, 11) is 0. The maximum Gasteiger partial charge on any atom is 0.325 e. The van der Waals surface area contributed by atoms with Crippen LogP contribution in [0.25, 0.3) is 10.9 Å². The van der Waals surface area contributed by atoms with Gasteiger partial charge < -0.3 is 5.11 Å². The summed E-state index contributed by atoms with van der Waals surface area (Å²) >= 11 is 0. The normalized spacial score (nSPS) is 17.4. The van der Waals surface area contributed by atoms with Gasteiger partial charge in [0.2, 0.25) is 0 Å². The van der Waals surface area contributed by atoms with Crippen LogP contribution in [-0.4, -0.2) is 22.1 Å². The zero-order chi connectivity index (χ0) is 13.9. The highest BCUT2D eigenvalue weighted by atomic mass is 16.4. The zero-order valence-electron chi connectivity index (χ0n) is 11.2. The molecule has 1 heterocycles. The van der Waals surface area contributed by atoms with Crippen LogP contribution in [0.2, 0.25) is 0 Å². The number of benzene rings is 1. The number of carboxylic acid groups (broad SMARTS) is 1. The zero-order valence-corrected chi connectivity index (χ0v) is 11.2. The van der Waals surface area contributed by atoms with Crippen molar-refractivity contribution >= 4 is 16.9 Å². The second-order valence-electron chi connectivity index (χ2n) is 5.37. The van der Waals surface area contributed by atoms with Crippen molar-refractivity contribution in [1.29, 1.82) is 0 Å². The molecule has 104 valence electrons. The van der Waals surface area contributed by atoms with E-state index in [9.17, 15) is 9.90 Å². The van der Waals surface area contributed by atoms with E-state index in [-0.39, 0.29) is 0 Å². The van der Waals surface area contributed by atoms with E-state index >= 15 is 0 Å². The van der Waals surface area contributed by atoms with Gasteiger partial charge in [0.05, 0.1) is 5.52 Å². The number of pyridine rings is 1. The van der Waals surface area contributed by atoms with Gasteiger partial charge in [-0.25, -0.2) is 0 Å². The minimum absolute atomic E-state index is 0.320. The van der Waals surface area contributed by atoms with Crippen molar-refractivity contribution in [1.82, 2.24) is 10.3 Å². The Labute approximate surface area is 117 Å². The molecule has 2 N–H and O–H groups in total. The molecule has 1 aliphatic carbocycles. The first-order valence-electron chi connectivity index (χ1n) is 7.07. The van der Waals surface area contributed by atoms with Crippen molar-refractivity contribution in [3.63, 3.8) is 0 Å². The van der Waals surface area contributed by atoms with Crippen molar-refractivity contribution in [2.45, 2.75) is 37.8 Å². The molecule has 3 rings (SSSR count). The summed E-state index contributed by atoms with van der Waals surface area (Å²) < 4.78 is 0. The summed E-state index contributed by atoms with van der Waals surface area (Å²) in [6.07, 6.45) is 6.25. The van der Waals surface area contributed by atoms with E-state index in [4.69, 9.17) is 0 Å². The quantitative estimate of drug-likeness (QED) is 0.896. The molecule has 1 fully saturated rings. The van der Waals surface area contributed by atoms with E-state index in [0.717, 1.165) is 29.3 Å². The number of carboxylic acids is 1. The predicted molar refractivity (Wildman–Crippen MR) is 77.5 cm³/mol. The average Bonchev–Trinajstić information content (AvgIpc) is 2.97. The molecule has 1 aromatic heterocycles. The molecule has 1 saturated carbocycles. The lowest BCUT2D eigenvalue weighted by molar-refractivity contribution is -0.139. The van der Waals surface area contributed by atoms with E-state index in [0.29, 0.717) is 6.04 Å². The Hall–Kier alpha value is -1.94. The fourth-order valence-electron chi connectivity index (χ4n) is 2.91. The van der Waals surface area contributed by atoms with Crippen LogP contribution >= 0.6 is 0 Å². The number of nitrogens with one attached hydrogen (secondary N) is 1. The van der Waals surface area contributed by atoms with Gasteiger partial charge in [0.25, 0.3) is 0 Å². The van der Waals surface area contributed by atoms with Crippen LogP contribution in [0, 0.1) is 0 Å². The minimum atomic E-state index is -0.819. The van der Waals surface area contributed by atoms with E-state index in [1.807, 2.05) is 30.3 Å².